The van der Waals surface area contributed by atoms with Gasteiger partial charge in [-0.25, -0.2) is 0 Å². The third kappa shape index (κ3) is 1.79. The number of benzene rings is 2. The van der Waals surface area contributed by atoms with Crippen molar-refractivity contribution in [1.82, 2.24) is 0 Å². The van der Waals surface area contributed by atoms with E-state index < -0.39 is 0 Å². The largest absolute Gasteiger partial charge is 0.0616 e. The van der Waals surface area contributed by atoms with Crippen LogP contribution in [0.5, 0.6) is 0 Å². The number of rotatable bonds is 3. The number of hydrogen-bond donors (Lipinski definition) is 0. The minimum Gasteiger partial charge on any atom is -0.0616 e. The molecule has 0 aliphatic carbocycles. The van der Waals surface area contributed by atoms with Gasteiger partial charge >= 0.3 is 0 Å². The van der Waals surface area contributed by atoms with E-state index in [1.807, 2.05) is 0 Å². The van der Waals surface area contributed by atoms with Gasteiger partial charge in [0.05, 0.1) is 0 Å². The van der Waals surface area contributed by atoms with Crippen molar-refractivity contribution in [2.75, 3.05) is 0 Å². The Hall–Kier alpha value is -1.30. The van der Waals surface area contributed by atoms with Crippen LogP contribution < -0.4 is 0 Å². The van der Waals surface area contributed by atoms with E-state index in [4.69, 9.17) is 0 Å². The average Bonchev–Trinajstić information content (AvgIpc) is 2.26. The summed E-state index contributed by atoms with van der Waals surface area (Å²) in [4.78, 5) is 0. The molecule has 2 rings (SSSR count). The zero-order chi connectivity index (χ0) is 9.80. The van der Waals surface area contributed by atoms with Crippen molar-refractivity contribution in [2.45, 2.75) is 12.8 Å². The fourth-order valence-electron chi connectivity index (χ4n) is 1.69. The molecule has 14 heavy (non-hydrogen) atoms. The first-order chi connectivity index (χ1) is 6.92. The maximum absolute atomic E-state index is 3.85. The fourth-order valence-corrected chi connectivity index (χ4v) is 1.69. The van der Waals surface area contributed by atoms with Gasteiger partial charge < -0.3 is 0 Å². The molecule has 70 valence electrons. The highest BCUT2D eigenvalue weighted by Crippen LogP contribution is 2.20. The Morgan fingerprint density at radius 2 is 1.79 bits per heavy atom. The SMILES string of the molecule is [CH2]CC[CH]c1cccc2ccccc12. The molecule has 0 aliphatic rings. The lowest BCUT2D eigenvalue weighted by Gasteiger charge is -2.04. The number of unbranched alkanes of at least 4 members (excludes halogenated alkanes) is 1. The van der Waals surface area contributed by atoms with Crippen LogP contribution in [-0.2, 0) is 0 Å². The highest BCUT2D eigenvalue weighted by Gasteiger charge is 1.98. The maximum Gasteiger partial charge on any atom is -0.00867 e. The van der Waals surface area contributed by atoms with Crippen molar-refractivity contribution in [2.24, 2.45) is 0 Å². The van der Waals surface area contributed by atoms with Crippen LogP contribution in [0.3, 0.4) is 0 Å². The summed E-state index contributed by atoms with van der Waals surface area (Å²) in [5.41, 5.74) is 1.33. The predicted molar refractivity (Wildman–Crippen MR) is 61.9 cm³/mol. The van der Waals surface area contributed by atoms with Crippen LogP contribution in [0, 0.1) is 13.3 Å². The summed E-state index contributed by atoms with van der Waals surface area (Å²) >= 11 is 0. The normalized spacial score (nSPS) is 10.6. The number of fused-ring (bicyclic) bond motifs is 1. The molecule has 0 saturated carbocycles. The van der Waals surface area contributed by atoms with E-state index in [2.05, 4.69) is 55.8 Å². The first-order valence-corrected chi connectivity index (χ1v) is 5.02. The topological polar surface area (TPSA) is 0 Å². The lowest BCUT2D eigenvalue weighted by Crippen LogP contribution is -1.83. The Morgan fingerprint density at radius 1 is 1.00 bits per heavy atom. The highest BCUT2D eigenvalue weighted by molar-refractivity contribution is 5.86. The molecule has 0 unspecified atom stereocenters. The molecule has 2 aromatic rings. The molecule has 0 aromatic heterocycles. The Kier molecular flexibility index (Phi) is 2.83. The summed E-state index contributed by atoms with van der Waals surface area (Å²) in [6, 6.07) is 14.9. The quantitative estimate of drug-likeness (QED) is 0.673. The molecule has 0 N–H and O–H groups in total. The lowest BCUT2D eigenvalue weighted by atomic mass is 10.0. The van der Waals surface area contributed by atoms with Crippen molar-refractivity contribution < 1.29 is 0 Å². The minimum atomic E-state index is 0.962. The molecular formula is C14H14. The van der Waals surface area contributed by atoms with Gasteiger partial charge in [-0.05, 0) is 29.2 Å². The van der Waals surface area contributed by atoms with Gasteiger partial charge in [0.2, 0.25) is 0 Å². The van der Waals surface area contributed by atoms with Gasteiger partial charge in [-0.3, -0.25) is 0 Å². The van der Waals surface area contributed by atoms with Crippen LogP contribution in [-0.4, -0.2) is 0 Å². The zero-order valence-corrected chi connectivity index (χ0v) is 8.24. The molecule has 0 bridgehead atoms. The van der Waals surface area contributed by atoms with Gasteiger partial charge in [-0.1, -0.05) is 55.8 Å². The van der Waals surface area contributed by atoms with E-state index in [0.717, 1.165) is 12.8 Å². The van der Waals surface area contributed by atoms with Crippen LogP contribution in [0.25, 0.3) is 10.8 Å². The number of hydrogen-bond acceptors (Lipinski definition) is 0. The molecule has 0 heteroatoms. The summed E-state index contributed by atoms with van der Waals surface area (Å²) in [5, 5.41) is 2.65. The first kappa shape index (κ1) is 9.26. The third-order valence-corrected chi connectivity index (χ3v) is 2.39. The van der Waals surface area contributed by atoms with Gasteiger partial charge in [-0.2, -0.15) is 0 Å². The van der Waals surface area contributed by atoms with Crippen molar-refractivity contribution in [3.05, 3.63) is 61.4 Å². The first-order valence-electron chi connectivity index (χ1n) is 5.02. The Balaban J connectivity index is 2.43. The molecular weight excluding hydrogens is 168 g/mol. The van der Waals surface area contributed by atoms with Crippen LogP contribution >= 0.6 is 0 Å². The monoisotopic (exact) mass is 182 g/mol. The molecule has 0 saturated heterocycles. The molecule has 0 aliphatic heterocycles. The fraction of sp³-hybridized carbons (Fsp3) is 0.143. The summed E-state index contributed by atoms with van der Waals surface area (Å²) in [7, 11) is 0. The minimum absolute atomic E-state index is 0.962. The van der Waals surface area contributed by atoms with Gasteiger partial charge in [0.1, 0.15) is 0 Å². The second-order valence-electron chi connectivity index (χ2n) is 3.41. The molecule has 0 heterocycles. The molecule has 0 fully saturated rings. The van der Waals surface area contributed by atoms with Crippen molar-refractivity contribution in [3.63, 3.8) is 0 Å². The molecule has 2 radical (unpaired) electrons. The third-order valence-electron chi connectivity index (χ3n) is 2.39. The maximum atomic E-state index is 3.85. The van der Waals surface area contributed by atoms with Crippen molar-refractivity contribution in [1.29, 1.82) is 0 Å². The molecule has 2 aromatic carbocycles. The standard InChI is InChI=1S/C14H14/c1-2-3-7-12-9-6-10-13-8-4-5-11-14(12)13/h4-11H,1-3H2. The van der Waals surface area contributed by atoms with Crippen LogP contribution in [0.15, 0.2) is 42.5 Å². The van der Waals surface area contributed by atoms with E-state index in [1.165, 1.54) is 16.3 Å². The van der Waals surface area contributed by atoms with E-state index in [-0.39, 0.29) is 0 Å². The van der Waals surface area contributed by atoms with Crippen molar-refractivity contribution >= 4 is 10.8 Å². The Labute approximate surface area is 85.6 Å². The van der Waals surface area contributed by atoms with Crippen LogP contribution in [0.4, 0.5) is 0 Å². The van der Waals surface area contributed by atoms with Crippen LogP contribution in [0.2, 0.25) is 0 Å². The smallest absolute Gasteiger partial charge is 0.00867 e. The molecule has 0 nitrogen and oxygen atoms in total. The van der Waals surface area contributed by atoms with Crippen molar-refractivity contribution in [3.8, 4) is 0 Å². The summed E-state index contributed by atoms with van der Waals surface area (Å²) in [6.07, 6.45) is 4.27. The predicted octanol–water partition coefficient (Wildman–Crippen LogP) is 4.01. The summed E-state index contributed by atoms with van der Waals surface area (Å²) < 4.78 is 0. The molecule has 0 spiro atoms. The molecule has 0 atom stereocenters. The van der Waals surface area contributed by atoms with Gasteiger partial charge in [0.15, 0.2) is 0 Å². The zero-order valence-electron chi connectivity index (χ0n) is 8.24. The van der Waals surface area contributed by atoms with E-state index in [9.17, 15) is 0 Å². The second kappa shape index (κ2) is 4.28. The summed E-state index contributed by atoms with van der Waals surface area (Å²) in [6.45, 7) is 3.85. The Bertz CT molecular complexity index is 410. The Morgan fingerprint density at radius 3 is 2.64 bits per heavy atom. The van der Waals surface area contributed by atoms with Crippen LogP contribution in [0.1, 0.15) is 18.4 Å². The summed E-state index contributed by atoms with van der Waals surface area (Å²) in [5.74, 6) is 0. The second-order valence-corrected chi connectivity index (χ2v) is 3.41. The van der Waals surface area contributed by atoms with Gasteiger partial charge in [0.25, 0.3) is 0 Å². The lowest BCUT2D eigenvalue weighted by molar-refractivity contribution is 0.992. The molecule has 0 amide bonds. The van der Waals surface area contributed by atoms with E-state index >= 15 is 0 Å². The highest BCUT2D eigenvalue weighted by atomic mass is 14.0. The van der Waals surface area contributed by atoms with E-state index in [0.29, 0.717) is 0 Å². The average molecular weight is 182 g/mol. The van der Waals surface area contributed by atoms with Gasteiger partial charge in [0, 0.05) is 0 Å². The van der Waals surface area contributed by atoms with Gasteiger partial charge in [-0.15, -0.1) is 0 Å². The van der Waals surface area contributed by atoms with E-state index in [1.54, 1.807) is 0 Å².